The Kier molecular flexibility index (Phi) is 12.5. The molecule has 2 aromatic carbocycles. The van der Waals surface area contributed by atoms with Gasteiger partial charge in [-0.15, -0.1) is 0 Å². The first-order valence-electron chi connectivity index (χ1n) is 20.3. The summed E-state index contributed by atoms with van der Waals surface area (Å²) < 4.78 is 35.2. The molecule has 4 amide bonds. The molecule has 3 aliphatic heterocycles. The number of halogens is 1. The molecule has 7 rings (SSSR count). The topological polar surface area (TPSA) is 182 Å². The van der Waals surface area contributed by atoms with Crippen LogP contribution in [-0.4, -0.2) is 104 Å². The highest BCUT2D eigenvalue weighted by Crippen LogP contribution is 2.31. The predicted molar refractivity (Wildman–Crippen MR) is 215 cm³/mol. The smallest absolute Gasteiger partial charge is 0.322 e. The summed E-state index contributed by atoms with van der Waals surface area (Å²) in [6.45, 7) is 9.91. The Morgan fingerprint density at radius 3 is 2.59 bits per heavy atom. The summed E-state index contributed by atoms with van der Waals surface area (Å²) in [4.78, 5) is 64.1. The average Bonchev–Trinajstić information content (AvgIpc) is 3.79. The number of piperidine rings is 2. The standard InChI is InChI=1S/C42H52FN9O7/c1-6-57-42(4,58-20-8-10-26-9-7-11-30-32(26)24-51(38(30)55)34-14-15-35(53)47-37(34)54)39(56)46-28-13-12-27(33(43)21-28)22-44-40-49-41(59-29-16-18-50(5)19-17-29)48-36-31(25(2)3)23-45-52(36)40/h7,9,11-13,21,23,25,29,34H,6,8,10,14-20,22,24H2,1-5H3,(H,46,56)(H,44,48,49)(H,47,53,54). The molecule has 17 heteroatoms. The first-order chi connectivity index (χ1) is 28.3. The molecule has 314 valence electrons. The minimum Gasteiger partial charge on any atom is -0.460 e. The van der Waals surface area contributed by atoms with E-state index in [1.165, 1.54) is 17.9 Å². The number of nitrogens with zero attached hydrogens (tertiary/aromatic N) is 6. The van der Waals surface area contributed by atoms with Gasteiger partial charge in [-0.2, -0.15) is 19.6 Å². The molecular formula is C42H52FN9O7. The van der Waals surface area contributed by atoms with E-state index in [1.807, 2.05) is 6.07 Å². The van der Waals surface area contributed by atoms with Gasteiger partial charge in [0.25, 0.3) is 11.8 Å². The van der Waals surface area contributed by atoms with Gasteiger partial charge in [0.1, 0.15) is 18.0 Å². The monoisotopic (exact) mass is 813 g/mol. The Morgan fingerprint density at radius 1 is 1.07 bits per heavy atom. The van der Waals surface area contributed by atoms with E-state index < -0.39 is 29.5 Å². The highest BCUT2D eigenvalue weighted by molar-refractivity contribution is 6.05. The van der Waals surface area contributed by atoms with Crippen molar-refractivity contribution in [1.29, 1.82) is 0 Å². The van der Waals surface area contributed by atoms with E-state index in [4.69, 9.17) is 19.2 Å². The zero-order valence-corrected chi connectivity index (χ0v) is 34.2. The number of hydrogen-bond donors (Lipinski definition) is 3. The van der Waals surface area contributed by atoms with Crippen LogP contribution >= 0.6 is 0 Å². The zero-order valence-electron chi connectivity index (χ0n) is 34.2. The molecule has 2 atom stereocenters. The Bertz CT molecular complexity index is 2220. The molecule has 0 bridgehead atoms. The number of ether oxygens (including phenoxy) is 3. The van der Waals surface area contributed by atoms with Gasteiger partial charge in [0.2, 0.25) is 23.5 Å². The summed E-state index contributed by atoms with van der Waals surface area (Å²) in [6, 6.07) is 9.45. The lowest BCUT2D eigenvalue weighted by Crippen LogP contribution is -2.52. The third-order valence-electron chi connectivity index (χ3n) is 11.2. The van der Waals surface area contributed by atoms with Crippen LogP contribution in [-0.2, 0) is 43.4 Å². The van der Waals surface area contributed by atoms with Crippen LogP contribution in [0.15, 0.2) is 42.6 Å². The molecule has 0 aliphatic carbocycles. The van der Waals surface area contributed by atoms with E-state index in [0.29, 0.717) is 35.6 Å². The van der Waals surface area contributed by atoms with E-state index in [9.17, 15) is 19.2 Å². The molecule has 2 unspecified atom stereocenters. The highest BCUT2D eigenvalue weighted by Gasteiger charge is 2.40. The second kappa shape index (κ2) is 17.8. The lowest BCUT2D eigenvalue weighted by molar-refractivity contribution is -0.216. The van der Waals surface area contributed by atoms with E-state index >= 15 is 4.39 Å². The molecule has 59 heavy (non-hydrogen) atoms. The maximum Gasteiger partial charge on any atom is 0.322 e. The number of amides is 4. The Morgan fingerprint density at radius 2 is 1.86 bits per heavy atom. The summed E-state index contributed by atoms with van der Waals surface area (Å²) in [5.41, 5.74) is 4.42. The normalized spacial score (nSPS) is 18.6. The van der Waals surface area contributed by atoms with Gasteiger partial charge in [0.05, 0.1) is 12.8 Å². The van der Waals surface area contributed by atoms with Gasteiger partial charge >= 0.3 is 6.01 Å². The number of hydrogen-bond acceptors (Lipinski definition) is 12. The predicted octanol–water partition coefficient (Wildman–Crippen LogP) is 4.57. The van der Waals surface area contributed by atoms with Crippen LogP contribution in [0.3, 0.4) is 0 Å². The van der Waals surface area contributed by atoms with Crippen molar-refractivity contribution in [2.75, 3.05) is 44.0 Å². The second-order valence-corrected chi connectivity index (χ2v) is 15.7. The van der Waals surface area contributed by atoms with E-state index in [2.05, 4.69) is 51.8 Å². The fourth-order valence-corrected chi connectivity index (χ4v) is 7.75. The van der Waals surface area contributed by atoms with Crippen LogP contribution in [0.4, 0.5) is 16.0 Å². The van der Waals surface area contributed by atoms with Crippen LogP contribution in [0.2, 0.25) is 0 Å². The fourth-order valence-electron chi connectivity index (χ4n) is 7.75. The molecule has 2 saturated heterocycles. The van der Waals surface area contributed by atoms with Crippen LogP contribution in [0.25, 0.3) is 5.65 Å². The molecule has 0 spiro atoms. The van der Waals surface area contributed by atoms with Crippen molar-refractivity contribution < 1.29 is 37.8 Å². The molecule has 3 N–H and O–H groups in total. The fraction of sp³-hybridized carbons (Fsp3) is 0.500. The number of rotatable bonds is 16. The summed E-state index contributed by atoms with van der Waals surface area (Å²) in [5, 5.41) is 12.8. The van der Waals surface area contributed by atoms with Gasteiger partial charge in [-0.3, -0.25) is 24.5 Å². The summed E-state index contributed by atoms with van der Waals surface area (Å²) in [6.07, 6.45) is 4.98. The summed E-state index contributed by atoms with van der Waals surface area (Å²) in [7, 11) is 2.09. The van der Waals surface area contributed by atoms with E-state index in [1.54, 1.807) is 41.9 Å². The molecule has 5 heterocycles. The van der Waals surface area contributed by atoms with Gasteiger partial charge in [0.15, 0.2) is 5.65 Å². The third-order valence-corrected chi connectivity index (χ3v) is 11.2. The first kappa shape index (κ1) is 41.6. The van der Waals surface area contributed by atoms with Gasteiger partial charge < -0.3 is 34.6 Å². The Labute approximate surface area is 342 Å². The molecule has 0 saturated carbocycles. The van der Waals surface area contributed by atoms with Gasteiger partial charge in [-0.05, 0) is 88.2 Å². The molecule has 2 fully saturated rings. The zero-order chi connectivity index (χ0) is 41.8. The number of nitrogens with one attached hydrogen (secondary N) is 3. The van der Waals surface area contributed by atoms with E-state index in [-0.39, 0.29) is 74.7 Å². The molecule has 3 aliphatic rings. The number of anilines is 2. The summed E-state index contributed by atoms with van der Waals surface area (Å²) in [5.74, 6) is -3.33. The molecule has 0 radical (unpaired) electrons. The molecule has 16 nitrogen and oxygen atoms in total. The number of aromatic nitrogens is 4. The number of benzene rings is 2. The number of aryl methyl sites for hydroxylation is 1. The summed E-state index contributed by atoms with van der Waals surface area (Å²) >= 11 is 0. The number of imide groups is 1. The van der Waals surface area contributed by atoms with Crippen molar-refractivity contribution in [3.63, 3.8) is 0 Å². The van der Waals surface area contributed by atoms with Crippen LogP contribution in [0.1, 0.15) is 98.3 Å². The lowest BCUT2D eigenvalue weighted by atomic mass is 9.99. The Balaban J connectivity index is 0.957. The molecule has 2 aromatic heterocycles. The largest absolute Gasteiger partial charge is 0.460 e. The van der Waals surface area contributed by atoms with Crippen molar-refractivity contribution in [2.24, 2.45) is 0 Å². The number of carbonyl (C=O) groups is 4. The van der Waals surface area contributed by atoms with Crippen molar-refractivity contribution in [1.82, 2.24) is 34.7 Å². The molecular weight excluding hydrogens is 762 g/mol. The van der Waals surface area contributed by atoms with Crippen molar-refractivity contribution in [3.8, 4) is 6.01 Å². The SMILES string of the molecule is CCOC(C)(OCCCc1cccc2c1CN(C1CCC(=O)NC1=O)C2=O)C(=O)Nc1ccc(CNc2nc(OC3CCN(C)CC3)nc3c(C(C)C)cnn23)c(F)c1. The van der Waals surface area contributed by atoms with Crippen LogP contribution < -0.4 is 20.7 Å². The Hall–Kier alpha value is -5.52. The second-order valence-electron chi connectivity index (χ2n) is 15.7. The van der Waals surface area contributed by atoms with Gasteiger partial charge in [-0.1, -0.05) is 32.0 Å². The van der Waals surface area contributed by atoms with Crippen molar-refractivity contribution >= 4 is 40.9 Å². The average molecular weight is 814 g/mol. The first-order valence-corrected chi connectivity index (χ1v) is 20.3. The molecule has 4 aromatic rings. The highest BCUT2D eigenvalue weighted by atomic mass is 19.1. The van der Waals surface area contributed by atoms with Crippen molar-refractivity contribution in [3.05, 3.63) is 76.2 Å². The van der Waals surface area contributed by atoms with Crippen LogP contribution in [0, 0.1) is 5.82 Å². The minimum atomic E-state index is -1.67. The maximum absolute atomic E-state index is 15.6. The van der Waals surface area contributed by atoms with Crippen LogP contribution in [0.5, 0.6) is 6.01 Å². The lowest BCUT2D eigenvalue weighted by Gasteiger charge is -2.29. The minimum absolute atomic E-state index is 0.00746. The quantitative estimate of drug-likeness (QED) is 0.0816. The van der Waals surface area contributed by atoms with Gasteiger partial charge in [-0.25, -0.2) is 4.39 Å². The number of fused-ring (bicyclic) bond motifs is 2. The number of likely N-dealkylation sites (tertiary alicyclic amines) is 1. The maximum atomic E-state index is 15.6. The number of carbonyl (C=O) groups excluding carboxylic acids is 4. The van der Waals surface area contributed by atoms with E-state index in [0.717, 1.165) is 42.6 Å². The van der Waals surface area contributed by atoms with Gasteiger partial charge in [0, 0.05) is 61.6 Å². The van der Waals surface area contributed by atoms with Crippen molar-refractivity contribution in [2.45, 2.75) is 103 Å². The third kappa shape index (κ3) is 9.21.